The molecular formula is C19H21FN2O3. The third kappa shape index (κ3) is 3.96. The quantitative estimate of drug-likeness (QED) is 0.776. The molecule has 132 valence electrons. The lowest BCUT2D eigenvalue weighted by Crippen LogP contribution is -2.44. The van der Waals surface area contributed by atoms with Crippen molar-refractivity contribution in [2.45, 2.75) is 31.8 Å². The number of hydrogen-bond acceptors (Lipinski definition) is 3. The third-order valence-electron chi connectivity index (χ3n) is 4.97. The average Bonchev–Trinajstić information content (AvgIpc) is 2.95. The van der Waals surface area contributed by atoms with Gasteiger partial charge in [0.2, 0.25) is 5.56 Å². The normalized spacial score (nSPS) is 22.7. The number of carbonyl (C=O) groups is 1. The zero-order chi connectivity index (χ0) is 17.9. The minimum atomic E-state index is -0.531. The van der Waals surface area contributed by atoms with Crippen molar-refractivity contribution >= 4 is 5.91 Å². The zero-order valence-corrected chi connectivity index (χ0v) is 13.8. The maximum absolute atomic E-state index is 13.1. The van der Waals surface area contributed by atoms with Crippen LogP contribution >= 0.6 is 0 Å². The summed E-state index contributed by atoms with van der Waals surface area (Å²) in [6.45, 7) is 0.303. The molecule has 0 saturated heterocycles. The van der Waals surface area contributed by atoms with Crippen molar-refractivity contribution in [2.24, 2.45) is 5.41 Å². The standard InChI is InChI=1S/C19H21FN2O3/c20-15-5-3-13(4-6-15)11-19(8-1-2-16(19)23)12-22-18(25)14-7-9-21-17(24)10-14/h3-7,9-10,16,23H,1-2,8,11-12H2,(H,21,24)(H,22,25)/t16-,19+/m1/s1. The molecule has 1 aliphatic rings. The lowest BCUT2D eigenvalue weighted by Gasteiger charge is -2.33. The highest BCUT2D eigenvalue weighted by Crippen LogP contribution is 2.40. The molecular weight excluding hydrogens is 323 g/mol. The van der Waals surface area contributed by atoms with E-state index in [2.05, 4.69) is 10.3 Å². The van der Waals surface area contributed by atoms with Gasteiger partial charge in [-0.1, -0.05) is 18.6 Å². The molecule has 1 amide bonds. The molecule has 0 spiro atoms. The Kier molecular flexibility index (Phi) is 4.99. The van der Waals surface area contributed by atoms with Gasteiger partial charge in [-0.3, -0.25) is 9.59 Å². The minimum absolute atomic E-state index is 0.285. The number of rotatable bonds is 5. The van der Waals surface area contributed by atoms with Crippen molar-refractivity contribution < 1.29 is 14.3 Å². The van der Waals surface area contributed by atoms with E-state index < -0.39 is 11.5 Å². The Hall–Kier alpha value is -2.47. The Labute approximate surface area is 144 Å². The first-order valence-electron chi connectivity index (χ1n) is 8.38. The van der Waals surface area contributed by atoms with Gasteiger partial charge in [0, 0.05) is 29.8 Å². The van der Waals surface area contributed by atoms with Crippen molar-refractivity contribution in [3.05, 3.63) is 69.9 Å². The van der Waals surface area contributed by atoms with Gasteiger partial charge in [0.1, 0.15) is 5.82 Å². The molecule has 0 unspecified atom stereocenters. The Bertz CT molecular complexity index is 803. The summed E-state index contributed by atoms with van der Waals surface area (Å²) in [6, 6.07) is 9.00. The lowest BCUT2D eigenvalue weighted by molar-refractivity contribution is 0.0500. The van der Waals surface area contributed by atoms with Gasteiger partial charge in [-0.15, -0.1) is 0 Å². The highest BCUT2D eigenvalue weighted by atomic mass is 19.1. The highest BCUT2D eigenvalue weighted by molar-refractivity contribution is 5.93. The molecule has 1 aliphatic carbocycles. The Morgan fingerprint density at radius 2 is 2.08 bits per heavy atom. The monoisotopic (exact) mass is 344 g/mol. The van der Waals surface area contributed by atoms with E-state index in [0.29, 0.717) is 19.4 Å². The predicted octanol–water partition coefficient (Wildman–Crippen LogP) is 2.02. The lowest BCUT2D eigenvalue weighted by atomic mass is 9.78. The number of pyridine rings is 1. The topological polar surface area (TPSA) is 82.2 Å². The second kappa shape index (κ2) is 7.19. The van der Waals surface area contributed by atoms with E-state index in [4.69, 9.17) is 0 Å². The Morgan fingerprint density at radius 1 is 1.32 bits per heavy atom. The van der Waals surface area contributed by atoms with E-state index in [1.165, 1.54) is 30.5 Å². The van der Waals surface area contributed by atoms with Gasteiger partial charge in [0.15, 0.2) is 0 Å². The number of nitrogens with one attached hydrogen (secondary N) is 2. The van der Waals surface area contributed by atoms with Crippen LogP contribution in [0.1, 0.15) is 35.2 Å². The molecule has 3 rings (SSSR count). The average molecular weight is 344 g/mol. The van der Waals surface area contributed by atoms with E-state index >= 15 is 0 Å². The number of aliphatic hydroxyl groups excluding tert-OH is 1. The molecule has 25 heavy (non-hydrogen) atoms. The van der Waals surface area contributed by atoms with Crippen LogP contribution < -0.4 is 10.9 Å². The summed E-state index contributed by atoms with van der Waals surface area (Å²) < 4.78 is 13.1. The van der Waals surface area contributed by atoms with Crippen LogP contribution in [0.25, 0.3) is 0 Å². The molecule has 2 aromatic rings. The molecule has 1 heterocycles. The van der Waals surface area contributed by atoms with E-state index in [9.17, 15) is 19.1 Å². The first-order valence-corrected chi connectivity index (χ1v) is 8.38. The van der Waals surface area contributed by atoms with Gasteiger partial charge >= 0.3 is 0 Å². The number of halogens is 1. The summed E-state index contributed by atoms with van der Waals surface area (Å²) in [7, 11) is 0. The number of hydrogen-bond donors (Lipinski definition) is 3. The molecule has 3 N–H and O–H groups in total. The van der Waals surface area contributed by atoms with Crippen LogP contribution in [0, 0.1) is 11.2 Å². The number of aromatic nitrogens is 1. The van der Waals surface area contributed by atoms with Crippen LogP contribution in [0.3, 0.4) is 0 Å². The summed E-state index contributed by atoms with van der Waals surface area (Å²) >= 11 is 0. The molecule has 6 heteroatoms. The van der Waals surface area contributed by atoms with E-state index in [1.807, 2.05) is 0 Å². The number of H-pyrrole nitrogens is 1. The first-order chi connectivity index (χ1) is 12.0. The van der Waals surface area contributed by atoms with Crippen LogP contribution in [-0.4, -0.2) is 28.6 Å². The fraction of sp³-hybridized carbons (Fsp3) is 0.368. The number of benzene rings is 1. The van der Waals surface area contributed by atoms with Gasteiger partial charge < -0.3 is 15.4 Å². The summed E-state index contributed by atoms with van der Waals surface area (Å²) in [5.41, 5.74) is 0.393. The maximum Gasteiger partial charge on any atom is 0.251 e. The Morgan fingerprint density at radius 3 is 2.72 bits per heavy atom. The second-order valence-electron chi connectivity index (χ2n) is 6.70. The van der Waals surface area contributed by atoms with E-state index in [1.54, 1.807) is 12.1 Å². The van der Waals surface area contributed by atoms with Crippen LogP contribution in [0.15, 0.2) is 47.4 Å². The van der Waals surface area contributed by atoms with Crippen LogP contribution in [-0.2, 0) is 6.42 Å². The first kappa shape index (κ1) is 17.4. The summed E-state index contributed by atoms with van der Waals surface area (Å²) in [5.74, 6) is -0.643. The zero-order valence-electron chi connectivity index (χ0n) is 13.8. The molecule has 1 aromatic heterocycles. The highest BCUT2D eigenvalue weighted by Gasteiger charge is 2.42. The van der Waals surface area contributed by atoms with Gasteiger partial charge in [-0.25, -0.2) is 4.39 Å². The summed E-state index contributed by atoms with van der Waals surface area (Å²) in [5, 5.41) is 13.3. The number of aliphatic hydroxyl groups is 1. The third-order valence-corrected chi connectivity index (χ3v) is 4.97. The van der Waals surface area contributed by atoms with Crippen LogP contribution in [0.4, 0.5) is 4.39 Å². The fourth-order valence-corrected chi connectivity index (χ4v) is 3.55. The van der Waals surface area contributed by atoms with Crippen LogP contribution in [0.2, 0.25) is 0 Å². The fourth-order valence-electron chi connectivity index (χ4n) is 3.55. The molecule has 0 bridgehead atoms. The molecule has 5 nitrogen and oxygen atoms in total. The predicted molar refractivity (Wildman–Crippen MR) is 91.8 cm³/mol. The van der Waals surface area contributed by atoms with Gasteiger partial charge in [0.25, 0.3) is 5.91 Å². The number of carbonyl (C=O) groups excluding carboxylic acids is 1. The van der Waals surface area contributed by atoms with Gasteiger partial charge in [-0.2, -0.15) is 0 Å². The van der Waals surface area contributed by atoms with Gasteiger partial charge in [-0.05, 0) is 43.0 Å². The van der Waals surface area contributed by atoms with Crippen LogP contribution in [0.5, 0.6) is 0 Å². The Balaban J connectivity index is 1.74. The molecule has 0 aliphatic heterocycles. The second-order valence-corrected chi connectivity index (χ2v) is 6.70. The van der Waals surface area contributed by atoms with E-state index in [0.717, 1.165) is 18.4 Å². The molecule has 1 saturated carbocycles. The largest absolute Gasteiger partial charge is 0.392 e. The summed E-state index contributed by atoms with van der Waals surface area (Å²) in [6.07, 6.45) is 3.80. The molecule has 1 fully saturated rings. The van der Waals surface area contributed by atoms with E-state index in [-0.39, 0.29) is 22.8 Å². The van der Waals surface area contributed by atoms with Crippen molar-refractivity contribution in [2.75, 3.05) is 6.54 Å². The SMILES string of the molecule is O=C(NC[C@@]1(Cc2ccc(F)cc2)CCC[C@H]1O)c1cc[nH]c(=O)c1. The maximum atomic E-state index is 13.1. The van der Waals surface area contributed by atoms with Crippen molar-refractivity contribution in [1.82, 2.24) is 10.3 Å². The molecule has 2 atom stereocenters. The summed E-state index contributed by atoms with van der Waals surface area (Å²) in [4.78, 5) is 26.1. The van der Waals surface area contributed by atoms with Crippen molar-refractivity contribution in [3.8, 4) is 0 Å². The number of amides is 1. The number of aromatic amines is 1. The molecule has 0 radical (unpaired) electrons. The van der Waals surface area contributed by atoms with Crippen molar-refractivity contribution in [1.29, 1.82) is 0 Å². The smallest absolute Gasteiger partial charge is 0.251 e. The van der Waals surface area contributed by atoms with Gasteiger partial charge in [0.05, 0.1) is 6.10 Å². The molecule has 1 aromatic carbocycles. The van der Waals surface area contributed by atoms with Crippen molar-refractivity contribution in [3.63, 3.8) is 0 Å². The minimum Gasteiger partial charge on any atom is -0.392 e.